The number of aromatic nitrogens is 3. The summed E-state index contributed by atoms with van der Waals surface area (Å²) in [6, 6.07) is 0. The van der Waals surface area contributed by atoms with Crippen molar-refractivity contribution < 1.29 is 0 Å². The molecule has 0 aliphatic carbocycles. The molecule has 66 valence electrons. The molecule has 5 nitrogen and oxygen atoms in total. The standard InChI is InChI=1S/C7H13N5/c1-11-6-7(9-10-11)12-4-2-8-3-5-12/h6,8H,2-5H2,1H3. The van der Waals surface area contributed by atoms with Crippen molar-refractivity contribution in [3.05, 3.63) is 6.20 Å². The van der Waals surface area contributed by atoms with Gasteiger partial charge in [-0.3, -0.25) is 4.68 Å². The highest BCUT2D eigenvalue weighted by molar-refractivity contribution is 5.34. The Bertz CT molecular complexity index is 250. The molecule has 2 heterocycles. The fraction of sp³-hybridized carbons (Fsp3) is 0.714. The molecule has 2 rings (SSSR count). The Kier molecular flexibility index (Phi) is 1.95. The van der Waals surface area contributed by atoms with E-state index in [1.54, 1.807) is 4.68 Å². The molecule has 0 amide bonds. The van der Waals surface area contributed by atoms with Gasteiger partial charge in [-0.15, -0.1) is 5.10 Å². The zero-order chi connectivity index (χ0) is 8.39. The minimum absolute atomic E-state index is 0.985. The van der Waals surface area contributed by atoms with Crippen LogP contribution in [0, 0.1) is 0 Å². The van der Waals surface area contributed by atoms with Crippen molar-refractivity contribution in [2.45, 2.75) is 0 Å². The van der Waals surface area contributed by atoms with Crippen molar-refractivity contribution in [3.63, 3.8) is 0 Å². The summed E-state index contributed by atoms with van der Waals surface area (Å²) in [5.74, 6) is 0.985. The maximum atomic E-state index is 4.05. The van der Waals surface area contributed by atoms with Crippen LogP contribution >= 0.6 is 0 Å². The Hall–Kier alpha value is -1.10. The van der Waals surface area contributed by atoms with Gasteiger partial charge in [-0.2, -0.15) is 0 Å². The van der Waals surface area contributed by atoms with Crippen LogP contribution in [0.5, 0.6) is 0 Å². The van der Waals surface area contributed by atoms with Crippen molar-refractivity contribution in [1.29, 1.82) is 0 Å². The van der Waals surface area contributed by atoms with E-state index in [1.165, 1.54) is 0 Å². The monoisotopic (exact) mass is 167 g/mol. The predicted octanol–water partition coefficient (Wildman–Crippen LogP) is -0.775. The second-order valence-corrected chi connectivity index (χ2v) is 2.99. The van der Waals surface area contributed by atoms with E-state index in [1.807, 2.05) is 13.2 Å². The van der Waals surface area contributed by atoms with Gasteiger partial charge in [-0.1, -0.05) is 5.21 Å². The van der Waals surface area contributed by atoms with E-state index in [4.69, 9.17) is 0 Å². The summed E-state index contributed by atoms with van der Waals surface area (Å²) < 4.78 is 1.73. The quantitative estimate of drug-likeness (QED) is 0.596. The zero-order valence-electron chi connectivity index (χ0n) is 7.19. The Balaban J connectivity index is 2.08. The number of anilines is 1. The van der Waals surface area contributed by atoms with Gasteiger partial charge >= 0.3 is 0 Å². The summed E-state index contributed by atoms with van der Waals surface area (Å²) >= 11 is 0. The first-order valence-electron chi connectivity index (χ1n) is 4.18. The number of nitrogens with zero attached hydrogens (tertiary/aromatic N) is 4. The summed E-state index contributed by atoms with van der Waals surface area (Å²) in [5, 5.41) is 11.2. The highest BCUT2D eigenvalue weighted by Crippen LogP contribution is 2.07. The lowest BCUT2D eigenvalue weighted by Crippen LogP contribution is -2.43. The van der Waals surface area contributed by atoms with E-state index in [2.05, 4.69) is 20.5 Å². The molecular formula is C7H13N5. The highest BCUT2D eigenvalue weighted by Gasteiger charge is 2.12. The molecule has 0 radical (unpaired) electrons. The number of aryl methyl sites for hydroxylation is 1. The largest absolute Gasteiger partial charge is 0.351 e. The Morgan fingerprint density at radius 3 is 2.75 bits per heavy atom. The Morgan fingerprint density at radius 1 is 1.42 bits per heavy atom. The molecular weight excluding hydrogens is 154 g/mol. The number of rotatable bonds is 1. The molecule has 1 N–H and O–H groups in total. The first kappa shape index (κ1) is 7.54. The van der Waals surface area contributed by atoms with Gasteiger partial charge in [0, 0.05) is 33.2 Å². The van der Waals surface area contributed by atoms with Crippen LogP contribution in [0.15, 0.2) is 6.20 Å². The van der Waals surface area contributed by atoms with E-state index in [9.17, 15) is 0 Å². The summed E-state index contributed by atoms with van der Waals surface area (Å²) in [4.78, 5) is 2.24. The lowest BCUT2D eigenvalue weighted by atomic mass is 10.4. The fourth-order valence-corrected chi connectivity index (χ4v) is 1.37. The van der Waals surface area contributed by atoms with Crippen LogP contribution < -0.4 is 10.2 Å². The van der Waals surface area contributed by atoms with Crippen molar-refractivity contribution >= 4 is 5.82 Å². The van der Waals surface area contributed by atoms with E-state index in [0.29, 0.717) is 0 Å². The second kappa shape index (κ2) is 3.10. The van der Waals surface area contributed by atoms with Gasteiger partial charge in [-0.05, 0) is 0 Å². The van der Waals surface area contributed by atoms with Crippen LogP contribution in [0.1, 0.15) is 0 Å². The van der Waals surface area contributed by atoms with Crippen molar-refractivity contribution in [3.8, 4) is 0 Å². The third kappa shape index (κ3) is 1.40. The SMILES string of the molecule is Cn1cc(N2CCNCC2)nn1. The normalized spacial score (nSPS) is 18.2. The third-order valence-corrected chi connectivity index (χ3v) is 2.03. The van der Waals surface area contributed by atoms with Crippen LogP contribution in [-0.2, 0) is 7.05 Å². The van der Waals surface area contributed by atoms with Gasteiger partial charge in [-0.25, -0.2) is 0 Å². The topological polar surface area (TPSA) is 46.0 Å². The van der Waals surface area contributed by atoms with E-state index in [-0.39, 0.29) is 0 Å². The van der Waals surface area contributed by atoms with Gasteiger partial charge < -0.3 is 10.2 Å². The predicted molar refractivity (Wildman–Crippen MR) is 46.1 cm³/mol. The molecule has 1 aromatic rings. The van der Waals surface area contributed by atoms with E-state index in [0.717, 1.165) is 32.0 Å². The summed E-state index contributed by atoms with van der Waals surface area (Å²) in [7, 11) is 1.89. The molecule has 5 heteroatoms. The molecule has 0 saturated carbocycles. The first-order valence-corrected chi connectivity index (χ1v) is 4.18. The lowest BCUT2D eigenvalue weighted by molar-refractivity contribution is 0.584. The molecule has 1 fully saturated rings. The van der Waals surface area contributed by atoms with Gasteiger partial charge in [0.15, 0.2) is 5.82 Å². The summed E-state index contributed by atoms with van der Waals surface area (Å²) in [6.45, 7) is 4.13. The van der Waals surface area contributed by atoms with Crippen LogP contribution in [0.2, 0.25) is 0 Å². The van der Waals surface area contributed by atoms with Crippen LogP contribution in [-0.4, -0.2) is 41.2 Å². The van der Waals surface area contributed by atoms with Crippen molar-refractivity contribution in [2.24, 2.45) is 7.05 Å². The van der Waals surface area contributed by atoms with Gasteiger partial charge in [0.25, 0.3) is 0 Å². The molecule has 12 heavy (non-hydrogen) atoms. The fourth-order valence-electron chi connectivity index (χ4n) is 1.37. The average Bonchev–Trinajstić information content (AvgIpc) is 2.54. The minimum atomic E-state index is 0.985. The molecule has 1 saturated heterocycles. The number of nitrogens with one attached hydrogen (secondary N) is 1. The summed E-state index contributed by atoms with van der Waals surface area (Å²) in [5.41, 5.74) is 0. The lowest BCUT2D eigenvalue weighted by Gasteiger charge is -2.26. The van der Waals surface area contributed by atoms with Crippen LogP contribution in [0.4, 0.5) is 5.82 Å². The molecule has 1 aromatic heterocycles. The molecule has 0 bridgehead atoms. The maximum absolute atomic E-state index is 4.05. The maximum Gasteiger partial charge on any atom is 0.171 e. The molecule has 1 aliphatic heterocycles. The number of hydrogen-bond acceptors (Lipinski definition) is 4. The van der Waals surface area contributed by atoms with Crippen molar-refractivity contribution in [2.75, 3.05) is 31.1 Å². The van der Waals surface area contributed by atoms with Gasteiger partial charge in [0.05, 0.1) is 6.20 Å². The molecule has 0 spiro atoms. The molecule has 1 aliphatic rings. The van der Waals surface area contributed by atoms with Gasteiger partial charge in [0.2, 0.25) is 0 Å². The third-order valence-electron chi connectivity index (χ3n) is 2.03. The first-order chi connectivity index (χ1) is 5.86. The van der Waals surface area contributed by atoms with Gasteiger partial charge in [0.1, 0.15) is 0 Å². The number of piperazine rings is 1. The van der Waals surface area contributed by atoms with Crippen LogP contribution in [0.3, 0.4) is 0 Å². The van der Waals surface area contributed by atoms with Crippen molar-refractivity contribution in [1.82, 2.24) is 20.3 Å². The average molecular weight is 167 g/mol. The van der Waals surface area contributed by atoms with E-state index >= 15 is 0 Å². The zero-order valence-corrected chi connectivity index (χ0v) is 7.19. The second-order valence-electron chi connectivity index (χ2n) is 2.99. The molecule has 0 unspecified atom stereocenters. The molecule has 0 aromatic carbocycles. The Labute approximate surface area is 71.4 Å². The Morgan fingerprint density at radius 2 is 2.17 bits per heavy atom. The van der Waals surface area contributed by atoms with Crippen LogP contribution in [0.25, 0.3) is 0 Å². The molecule has 0 atom stereocenters. The number of hydrogen-bond donors (Lipinski definition) is 1. The minimum Gasteiger partial charge on any atom is -0.351 e. The highest BCUT2D eigenvalue weighted by atomic mass is 15.5. The summed E-state index contributed by atoms with van der Waals surface area (Å²) in [6.07, 6.45) is 1.95. The smallest absolute Gasteiger partial charge is 0.171 e. The van der Waals surface area contributed by atoms with E-state index < -0.39 is 0 Å².